The van der Waals surface area contributed by atoms with E-state index in [2.05, 4.69) is 20.6 Å². The van der Waals surface area contributed by atoms with E-state index >= 15 is 0 Å². The van der Waals surface area contributed by atoms with Gasteiger partial charge in [-0.3, -0.25) is 14.8 Å². The van der Waals surface area contributed by atoms with E-state index < -0.39 is 0 Å². The molecule has 20 heavy (non-hydrogen) atoms. The van der Waals surface area contributed by atoms with Crippen molar-refractivity contribution in [1.82, 2.24) is 15.3 Å². The number of halogens is 1. The Kier molecular flexibility index (Phi) is 4.84. The van der Waals surface area contributed by atoms with Crippen molar-refractivity contribution in [3.63, 3.8) is 0 Å². The molecule has 1 saturated heterocycles. The third kappa shape index (κ3) is 3.22. The van der Waals surface area contributed by atoms with Crippen LogP contribution >= 0.6 is 12.4 Å². The molecule has 2 heterocycles. The average molecular weight is 295 g/mol. The monoisotopic (exact) mass is 294 g/mol. The Morgan fingerprint density at radius 1 is 1.30 bits per heavy atom. The minimum atomic E-state index is -0.300. The van der Waals surface area contributed by atoms with Crippen molar-refractivity contribution in [2.45, 2.75) is 6.04 Å². The van der Waals surface area contributed by atoms with Crippen LogP contribution < -0.4 is 10.6 Å². The molecule has 2 aromatic rings. The van der Waals surface area contributed by atoms with E-state index in [4.69, 9.17) is 4.74 Å². The Morgan fingerprint density at radius 3 is 2.85 bits per heavy atom. The molecule has 106 valence electrons. The van der Waals surface area contributed by atoms with Crippen LogP contribution in [0.15, 0.2) is 30.6 Å². The number of aromatic nitrogens is 2. The summed E-state index contributed by atoms with van der Waals surface area (Å²) in [5.41, 5.74) is 2.28. The zero-order chi connectivity index (χ0) is 13.1. The average Bonchev–Trinajstić information content (AvgIpc) is 2.48. The summed E-state index contributed by atoms with van der Waals surface area (Å²) < 4.78 is 5.27. The molecule has 0 bridgehead atoms. The number of nitrogens with zero attached hydrogens (tertiary/aromatic N) is 2. The Morgan fingerprint density at radius 2 is 2.10 bits per heavy atom. The highest BCUT2D eigenvalue weighted by Crippen LogP contribution is 2.15. The van der Waals surface area contributed by atoms with Crippen molar-refractivity contribution in [2.24, 2.45) is 0 Å². The molecule has 0 saturated carbocycles. The van der Waals surface area contributed by atoms with Gasteiger partial charge in [0.1, 0.15) is 6.04 Å². The standard InChI is InChI=1S/C13H14N4O2.ClH/c18-13(12-8-19-6-5-16-12)17-9-1-2-10-11(7-9)15-4-3-14-10;/h1-4,7,12,16H,5-6,8H2,(H,17,18);1H. The summed E-state index contributed by atoms with van der Waals surface area (Å²) in [6.45, 7) is 1.75. The van der Waals surface area contributed by atoms with E-state index in [1.54, 1.807) is 12.4 Å². The van der Waals surface area contributed by atoms with Crippen molar-refractivity contribution >= 4 is 35.0 Å². The molecule has 0 radical (unpaired) electrons. The lowest BCUT2D eigenvalue weighted by Crippen LogP contribution is -2.48. The lowest BCUT2D eigenvalue weighted by Gasteiger charge is -2.22. The Bertz CT molecular complexity index is 602. The fourth-order valence-corrected chi connectivity index (χ4v) is 2.00. The molecule has 3 rings (SSSR count). The highest BCUT2D eigenvalue weighted by Gasteiger charge is 2.21. The van der Waals surface area contributed by atoms with E-state index in [1.165, 1.54) is 0 Å². The molecular weight excluding hydrogens is 280 g/mol. The van der Waals surface area contributed by atoms with Crippen LogP contribution in [0.5, 0.6) is 0 Å². The fourth-order valence-electron chi connectivity index (χ4n) is 2.00. The minimum absolute atomic E-state index is 0. The Balaban J connectivity index is 0.00000147. The molecule has 1 fully saturated rings. The predicted molar refractivity (Wildman–Crippen MR) is 78.0 cm³/mol. The van der Waals surface area contributed by atoms with E-state index in [0.717, 1.165) is 11.0 Å². The third-order valence-electron chi connectivity index (χ3n) is 2.98. The lowest BCUT2D eigenvalue weighted by molar-refractivity contribution is -0.120. The molecule has 1 aromatic carbocycles. The minimum Gasteiger partial charge on any atom is -0.378 e. The smallest absolute Gasteiger partial charge is 0.243 e. The van der Waals surface area contributed by atoms with Crippen LogP contribution in [0.1, 0.15) is 0 Å². The van der Waals surface area contributed by atoms with Gasteiger partial charge in [0.15, 0.2) is 0 Å². The van der Waals surface area contributed by atoms with E-state index in [-0.39, 0.29) is 24.4 Å². The first kappa shape index (κ1) is 14.6. The number of carbonyl (C=O) groups excluding carboxylic acids is 1. The van der Waals surface area contributed by atoms with Gasteiger partial charge in [-0.25, -0.2) is 0 Å². The molecule has 0 aliphatic carbocycles. The quantitative estimate of drug-likeness (QED) is 0.863. The third-order valence-corrected chi connectivity index (χ3v) is 2.98. The van der Waals surface area contributed by atoms with Gasteiger partial charge in [-0.05, 0) is 18.2 Å². The van der Waals surface area contributed by atoms with Gasteiger partial charge in [0.2, 0.25) is 5.91 Å². The van der Waals surface area contributed by atoms with Gasteiger partial charge in [0.05, 0.1) is 24.2 Å². The van der Waals surface area contributed by atoms with Crippen LogP contribution in [0.2, 0.25) is 0 Å². The van der Waals surface area contributed by atoms with Gasteiger partial charge < -0.3 is 15.4 Å². The number of carbonyl (C=O) groups is 1. The summed E-state index contributed by atoms with van der Waals surface area (Å²) in [5, 5.41) is 5.97. The van der Waals surface area contributed by atoms with Crippen LogP contribution in [0, 0.1) is 0 Å². The fraction of sp³-hybridized carbons (Fsp3) is 0.308. The van der Waals surface area contributed by atoms with E-state index in [1.807, 2.05) is 18.2 Å². The predicted octanol–water partition coefficient (Wildman–Crippen LogP) is 0.978. The highest BCUT2D eigenvalue weighted by atomic mass is 35.5. The van der Waals surface area contributed by atoms with Crippen LogP contribution in [-0.2, 0) is 9.53 Å². The van der Waals surface area contributed by atoms with Gasteiger partial charge >= 0.3 is 0 Å². The number of anilines is 1. The number of hydrogen-bond donors (Lipinski definition) is 2. The number of fused-ring (bicyclic) bond motifs is 1. The molecule has 1 aromatic heterocycles. The Hall–Kier alpha value is -1.76. The van der Waals surface area contributed by atoms with E-state index in [0.29, 0.717) is 25.4 Å². The lowest BCUT2D eigenvalue weighted by atomic mass is 10.2. The molecule has 1 aliphatic heterocycles. The van der Waals surface area contributed by atoms with Crippen molar-refractivity contribution < 1.29 is 9.53 Å². The molecule has 1 amide bonds. The second-order valence-electron chi connectivity index (χ2n) is 4.33. The molecular formula is C13H15ClN4O2. The van der Waals surface area contributed by atoms with Crippen molar-refractivity contribution in [3.05, 3.63) is 30.6 Å². The van der Waals surface area contributed by atoms with Crippen LogP contribution in [0.25, 0.3) is 11.0 Å². The van der Waals surface area contributed by atoms with Gasteiger partial charge in [-0.1, -0.05) is 0 Å². The molecule has 1 aliphatic rings. The van der Waals surface area contributed by atoms with Gasteiger partial charge in [0, 0.05) is 24.6 Å². The summed E-state index contributed by atoms with van der Waals surface area (Å²) in [6, 6.07) is 5.16. The molecule has 0 spiro atoms. The molecule has 1 atom stereocenters. The number of rotatable bonds is 2. The first-order valence-corrected chi connectivity index (χ1v) is 6.16. The second kappa shape index (κ2) is 6.60. The van der Waals surface area contributed by atoms with Crippen molar-refractivity contribution in [2.75, 3.05) is 25.1 Å². The second-order valence-corrected chi connectivity index (χ2v) is 4.33. The zero-order valence-electron chi connectivity index (χ0n) is 10.7. The number of nitrogens with one attached hydrogen (secondary N) is 2. The van der Waals surface area contributed by atoms with Crippen LogP contribution in [0.3, 0.4) is 0 Å². The topological polar surface area (TPSA) is 76.1 Å². The largest absolute Gasteiger partial charge is 0.378 e. The van der Waals surface area contributed by atoms with Gasteiger partial charge in [0.25, 0.3) is 0 Å². The van der Waals surface area contributed by atoms with Crippen LogP contribution in [-0.4, -0.2) is 41.7 Å². The summed E-state index contributed by atoms with van der Waals surface area (Å²) >= 11 is 0. The summed E-state index contributed by atoms with van der Waals surface area (Å²) in [4.78, 5) is 20.4. The van der Waals surface area contributed by atoms with Gasteiger partial charge in [-0.2, -0.15) is 0 Å². The van der Waals surface area contributed by atoms with E-state index in [9.17, 15) is 4.79 Å². The highest BCUT2D eigenvalue weighted by molar-refractivity contribution is 5.96. The number of hydrogen-bond acceptors (Lipinski definition) is 5. The molecule has 1 unspecified atom stereocenters. The molecule has 2 N–H and O–H groups in total. The van der Waals surface area contributed by atoms with Gasteiger partial charge in [-0.15, -0.1) is 12.4 Å². The molecule has 6 nitrogen and oxygen atoms in total. The number of ether oxygens (including phenoxy) is 1. The first-order valence-electron chi connectivity index (χ1n) is 6.16. The van der Waals surface area contributed by atoms with Crippen molar-refractivity contribution in [1.29, 1.82) is 0 Å². The number of benzene rings is 1. The maximum Gasteiger partial charge on any atom is 0.243 e. The normalized spacial score (nSPS) is 18.3. The SMILES string of the molecule is Cl.O=C(Nc1ccc2nccnc2c1)C1COCCN1. The maximum atomic E-state index is 12.0. The van der Waals surface area contributed by atoms with Crippen molar-refractivity contribution in [3.8, 4) is 0 Å². The summed E-state index contributed by atoms with van der Waals surface area (Å²) in [7, 11) is 0. The summed E-state index contributed by atoms with van der Waals surface area (Å²) in [6.07, 6.45) is 3.27. The Labute approximate surface area is 122 Å². The molecule has 7 heteroatoms. The number of amides is 1. The van der Waals surface area contributed by atoms with Crippen LogP contribution in [0.4, 0.5) is 5.69 Å². The summed E-state index contributed by atoms with van der Waals surface area (Å²) in [5.74, 6) is -0.0945. The number of morpholine rings is 1. The zero-order valence-corrected chi connectivity index (χ0v) is 11.5. The first-order chi connectivity index (χ1) is 9.33. The maximum absolute atomic E-state index is 12.0.